The summed E-state index contributed by atoms with van der Waals surface area (Å²) in [6.45, 7) is 2.74. The molecule has 42 heavy (non-hydrogen) atoms. The third-order valence-corrected chi connectivity index (χ3v) is 9.69. The largest absolute Gasteiger partial charge is 0.507 e. The van der Waals surface area contributed by atoms with Crippen molar-refractivity contribution >= 4 is 73.2 Å². The Hall–Kier alpha value is -3.18. The van der Waals surface area contributed by atoms with Crippen molar-refractivity contribution in [2.75, 3.05) is 11.5 Å². The third kappa shape index (κ3) is 6.72. The summed E-state index contributed by atoms with van der Waals surface area (Å²) >= 11 is 12.3. The molecule has 216 valence electrons. The van der Waals surface area contributed by atoms with Crippen LogP contribution in [-0.2, 0) is 15.3 Å². The minimum Gasteiger partial charge on any atom is -0.507 e. The van der Waals surface area contributed by atoms with Gasteiger partial charge >= 0.3 is 5.91 Å². The predicted octanol–water partition coefficient (Wildman–Crippen LogP) is 8.44. The average molecular weight is 685 g/mol. The molecule has 0 radical (unpaired) electrons. The van der Waals surface area contributed by atoms with Crippen molar-refractivity contribution in [2.45, 2.75) is 42.3 Å². The first-order valence-electron chi connectivity index (χ1n) is 13.4. The van der Waals surface area contributed by atoms with E-state index in [4.69, 9.17) is 16.3 Å². The lowest BCUT2D eigenvalue weighted by molar-refractivity contribution is -0.132. The summed E-state index contributed by atoms with van der Waals surface area (Å²) in [6, 6.07) is 20.8. The lowest BCUT2D eigenvalue weighted by Crippen LogP contribution is -2.29. The summed E-state index contributed by atoms with van der Waals surface area (Å²) in [5.41, 5.74) is 1.99. The van der Waals surface area contributed by atoms with Crippen LogP contribution in [-0.4, -0.2) is 33.6 Å². The van der Waals surface area contributed by atoms with Crippen LogP contribution >= 0.6 is 50.6 Å². The molecule has 11 heteroatoms. The molecule has 3 aromatic carbocycles. The molecule has 1 fully saturated rings. The zero-order valence-electron chi connectivity index (χ0n) is 22.6. The molecule has 1 atom stereocenters. The van der Waals surface area contributed by atoms with E-state index in [1.807, 2.05) is 48.5 Å². The van der Waals surface area contributed by atoms with Gasteiger partial charge in [-0.3, -0.25) is 14.5 Å². The molecule has 0 spiro atoms. The number of benzene rings is 3. The van der Waals surface area contributed by atoms with E-state index in [1.165, 1.54) is 28.0 Å². The summed E-state index contributed by atoms with van der Waals surface area (Å²) < 4.78 is 7.30. The highest BCUT2D eigenvalue weighted by molar-refractivity contribution is 9.10. The molecule has 0 bridgehead atoms. The number of anilines is 1. The Kier molecular flexibility index (Phi) is 9.99. The van der Waals surface area contributed by atoms with Gasteiger partial charge in [0.15, 0.2) is 4.34 Å². The summed E-state index contributed by atoms with van der Waals surface area (Å²) in [4.78, 5) is 28.3. The van der Waals surface area contributed by atoms with Crippen LogP contribution in [0.4, 0.5) is 5.13 Å². The summed E-state index contributed by atoms with van der Waals surface area (Å²) in [7, 11) is 0. The first-order valence-corrected chi connectivity index (χ1v) is 16.3. The molecule has 2 heterocycles. The number of thioether (sulfide) groups is 1. The Labute approximate surface area is 265 Å². The number of aliphatic hydroxyl groups is 1. The van der Waals surface area contributed by atoms with Crippen molar-refractivity contribution in [1.29, 1.82) is 0 Å². The van der Waals surface area contributed by atoms with Crippen LogP contribution in [0.1, 0.15) is 48.9 Å². The Morgan fingerprint density at radius 1 is 1.05 bits per heavy atom. The number of ketones is 1. The number of hydrogen-bond acceptors (Lipinski definition) is 8. The second-order valence-electron chi connectivity index (χ2n) is 9.53. The van der Waals surface area contributed by atoms with E-state index in [9.17, 15) is 14.7 Å². The maximum absolute atomic E-state index is 13.5. The highest BCUT2D eigenvalue weighted by Gasteiger charge is 2.48. The standard InChI is InChI=1S/C31H27BrClN3O4S2/c1-2-3-6-17-40-23-15-11-19(12-16-23)26-25(27(37)20-9-13-22(32)14-10-20)28(38)29(39)36(26)30-34-35-31(42-30)41-18-21-7-4-5-8-24(21)33/h4-5,7-16,26,37H,2-3,6,17-18H2,1H3/b27-25-. The minimum absolute atomic E-state index is 0.0144. The molecule has 1 aliphatic rings. The van der Waals surface area contributed by atoms with E-state index in [0.717, 1.165) is 29.3 Å². The molecule has 7 nitrogen and oxygen atoms in total. The second-order valence-corrected chi connectivity index (χ2v) is 13.0. The maximum Gasteiger partial charge on any atom is 0.301 e. The monoisotopic (exact) mass is 683 g/mol. The van der Waals surface area contributed by atoms with Gasteiger partial charge in [-0.25, -0.2) is 0 Å². The van der Waals surface area contributed by atoms with E-state index < -0.39 is 17.7 Å². The maximum atomic E-state index is 13.5. The number of carbonyl (C=O) groups excluding carboxylic acids is 2. The van der Waals surface area contributed by atoms with Gasteiger partial charge in [0.2, 0.25) is 5.13 Å². The molecule has 1 unspecified atom stereocenters. The zero-order valence-corrected chi connectivity index (χ0v) is 26.6. The second kappa shape index (κ2) is 13.9. The molecule has 1 saturated heterocycles. The van der Waals surface area contributed by atoms with Gasteiger partial charge in [-0.2, -0.15) is 0 Å². The van der Waals surface area contributed by atoms with Gasteiger partial charge in [0.05, 0.1) is 18.2 Å². The molecule has 5 rings (SSSR count). The van der Waals surface area contributed by atoms with Gasteiger partial charge in [0, 0.05) is 20.8 Å². The SMILES string of the molecule is CCCCCOc1ccc(C2/C(=C(/O)c3ccc(Br)cc3)C(=O)C(=O)N2c2nnc(SCc3ccccc3Cl)s2)cc1. The number of rotatable bonds is 11. The molecule has 1 N–H and O–H groups in total. The number of aromatic nitrogens is 2. The van der Waals surface area contributed by atoms with Crippen molar-refractivity contribution in [3.8, 4) is 5.75 Å². The van der Waals surface area contributed by atoms with Crippen LogP contribution < -0.4 is 9.64 Å². The molecule has 0 saturated carbocycles. The van der Waals surface area contributed by atoms with Gasteiger partial charge in [-0.05, 0) is 47.9 Å². The lowest BCUT2D eigenvalue weighted by Gasteiger charge is -2.22. The molecule has 1 amide bonds. The van der Waals surface area contributed by atoms with E-state index in [2.05, 4.69) is 33.1 Å². The van der Waals surface area contributed by atoms with Crippen molar-refractivity contribution in [3.05, 3.63) is 105 Å². The fourth-order valence-electron chi connectivity index (χ4n) is 4.51. The Balaban J connectivity index is 1.49. The van der Waals surface area contributed by atoms with Crippen LogP contribution in [0.25, 0.3) is 5.76 Å². The third-order valence-electron chi connectivity index (χ3n) is 6.69. The fraction of sp³-hybridized carbons (Fsp3) is 0.226. The Morgan fingerprint density at radius 3 is 2.50 bits per heavy atom. The first kappa shape index (κ1) is 30.3. The summed E-state index contributed by atoms with van der Waals surface area (Å²) in [6.07, 6.45) is 3.15. The number of unbranched alkanes of at least 4 members (excludes halogenated alkanes) is 2. The van der Waals surface area contributed by atoms with E-state index in [1.54, 1.807) is 24.3 Å². The minimum atomic E-state index is -0.905. The number of Topliss-reactive ketones (excluding diaryl/α,β-unsaturated/α-hetero) is 1. The average Bonchev–Trinajstić information content (AvgIpc) is 3.57. The highest BCUT2D eigenvalue weighted by Crippen LogP contribution is 2.44. The smallest absolute Gasteiger partial charge is 0.301 e. The highest BCUT2D eigenvalue weighted by atomic mass is 79.9. The van der Waals surface area contributed by atoms with Crippen molar-refractivity contribution in [1.82, 2.24) is 10.2 Å². The Morgan fingerprint density at radius 2 is 1.79 bits per heavy atom. The first-order chi connectivity index (χ1) is 20.4. The molecule has 0 aliphatic carbocycles. The van der Waals surface area contributed by atoms with E-state index in [-0.39, 0.29) is 16.5 Å². The lowest BCUT2D eigenvalue weighted by atomic mass is 9.95. The van der Waals surface area contributed by atoms with Gasteiger partial charge in [-0.15, -0.1) is 10.2 Å². The normalized spacial score (nSPS) is 16.3. The Bertz CT molecular complexity index is 1610. The van der Waals surface area contributed by atoms with Gasteiger partial charge in [-0.1, -0.05) is 113 Å². The number of amides is 1. The van der Waals surface area contributed by atoms with Crippen molar-refractivity contribution in [3.63, 3.8) is 0 Å². The van der Waals surface area contributed by atoms with E-state index in [0.29, 0.717) is 38.6 Å². The van der Waals surface area contributed by atoms with Crippen LogP contribution in [0.5, 0.6) is 5.75 Å². The van der Waals surface area contributed by atoms with Gasteiger partial charge in [0.1, 0.15) is 11.5 Å². The molecule has 1 aromatic heterocycles. The van der Waals surface area contributed by atoms with Crippen LogP contribution in [0, 0.1) is 0 Å². The predicted molar refractivity (Wildman–Crippen MR) is 171 cm³/mol. The number of aliphatic hydroxyl groups excluding tert-OH is 1. The van der Waals surface area contributed by atoms with Crippen molar-refractivity contribution in [2.24, 2.45) is 0 Å². The van der Waals surface area contributed by atoms with Crippen LogP contribution in [0.3, 0.4) is 0 Å². The topological polar surface area (TPSA) is 92.6 Å². The quantitative estimate of drug-likeness (QED) is 0.0423. The molecule has 4 aromatic rings. The summed E-state index contributed by atoms with van der Waals surface area (Å²) in [5.74, 6) is -0.571. The van der Waals surface area contributed by atoms with Crippen LogP contribution in [0.2, 0.25) is 5.02 Å². The number of carbonyl (C=O) groups is 2. The van der Waals surface area contributed by atoms with Gasteiger partial charge < -0.3 is 9.84 Å². The number of nitrogens with zero attached hydrogens (tertiary/aromatic N) is 3. The molecule has 1 aliphatic heterocycles. The number of hydrogen-bond donors (Lipinski definition) is 1. The molecular formula is C31H27BrClN3O4S2. The molecular weight excluding hydrogens is 658 g/mol. The zero-order chi connectivity index (χ0) is 29.6. The summed E-state index contributed by atoms with van der Waals surface area (Å²) in [5, 5.41) is 20.8. The van der Waals surface area contributed by atoms with Crippen molar-refractivity contribution < 1.29 is 19.4 Å². The van der Waals surface area contributed by atoms with Gasteiger partial charge in [0.25, 0.3) is 5.78 Å². The van der Waals surface area contributed by atoms with Crippen LogP contribution in [0.15, 0.2) is 87.2 Å². The number of halogens is 2. The number of ether oxygens (including phenoxy) is 1. The van der Waals surface area contributed by atoms with E-state index >= 15 is 0 Å². The fourth-order valence-corrected chi connectivity index (χ4v) is 6.93.